The fraction of sp³-hybridized carbons (Fsp3) is 0.273. The average molecular weight is 213 g/mol. The molecule has 0 nitrogen and oxygen atoms in total. The molecular weight excluding hydrogens is 203 g/mol. The lowest BCUT2D eigenvalue weighted by Gasteiger charge is -2.06. The van der Waals surface area contributed by atoms with Crippen molar-refractivity contribution in [2.75, 3.05) is 0 Å². The highest BCUT2D eigenvalue weighted by Crippen LogP contribution is 2.22. The molecule has 0 bridgehead atoms. The molecule has 68 valence electrons. The normalized spacial score (nSPS) is 12.2. The molecule has 2 heteroatoms. The molecule has 0 radical (unpaired) electrons. The summed E-state index contributed by atoms with van der Waals surface area (Å²) < 4.78 is 0. The third-order valence-corrected chi connectivity index (χ3v) is 2.41. The molecule has 0 spiro atoms. The van der Waals surface area contributed by atoms with Crippen molar-refractivity contribution in [2.45, 2.75) is 13.3 Å². The summed E-state index contributed by atoms with van der Waals surface area (Å²) in [6.07, 6.45) is 6.08. The molecule has 0 N–H and O–H groups in total. The van der Waals surface area contributed by atoms with Crippen LogP contribution in [0.1, 0.15) is 12.5 Å². The van der Waals surface area contributed by atoms with E-state index in [0.717, 1.165) is 12.0 Å². The minimum absolute atomic E-state index is 0.207. The highest BCUT2D eigenvalue weighted by atomic mass is 35.5. The van der Waals surface area contributed by atoms with Crippen LogP contribution in [0, 0.1) is 18.3 Å². The Hall–Kier alpha value is -0.640. The van der Waals surface area contributed by atoms with Gasteiger partial charge in [-0.25, -0.2) is 0 Å². The van der Waals surface area contributed by atoms with E-state index in [-0.39, 0.29) is 5.92 Å². The van der Waals surface area contributed by atoms with E-state index >= 15 is 0 Å². The third-order valence-electron chi connectivity index (χ3n) is 1.83. The van der Waals surface area contributed by atoms with Crippen LogP contribution in [0.4, 0.5) is 0 Å². The molecule has 0 heterocycles. The highest BCUT2D eigenvalue weighted by Gasteiger charge is 2.04. The standard InChI is InChI=1S/C11H10Cl2/c1-3-8(2)6-9-4-5-10(12)7-11(9)13/h1,4-5,7-8H,6H2,2H3. The molecule has 1 unspecified atom stereocenters. The van der Waals surface area contributed by atoms with Crippen molar-refractivity contribution in [1.82, 2.24) is 0 Å². The van der Waals surface area contributed by atoms with Crippen LogP contribution in [0.15, 0.2) is 18.2 Å². The van der Waals surface area contributed by atoms with Crippen molar-refractivity contribution in [3.05, 3.63) is 33.8 Å². The Morgan fingerprint density at radius 3 is 2.69 bits per heavy atom. The summed E-state index contributed by atoms with van der Waals surface area (Å²) in [6, 6.07) is 5.48. The maximum absolute atomic E-state index is 5.98. The second-order valence-electron chi connectivity index (χ2n) is 3.01. The maximum atomic E-state index is 5.98. The lowest BCUT2D eigenvalue weighted by atomic mass is 10.0. The second kappa shape index (κ2) is 4.56. The van der Waals surface area contributed by atoms with Crippen LogP contribution in [0.2, 0.25) is 10.0 Å². The van der Waals surface area contributed by atoms with Crippen LogP contribution in [0.5, 0.6) is 0 Å². The molecule has 0 fully saturated rings. The SMILES string of the molecule is C#CC(C)Cc1ccc(Cl)cc1Cl. The number of rotatable bonds is 2. The number of benzene rings is 1. The van der Waals surface area contributed by atoms with Crippen molar-refractivity contribution in [3.63, 3.8) is 0 Å². The van der Waals surface area contributed by atoms with Crippen molar-refractivity contribution in [3.8, 4) is 12.3 Å². The first-order valence-corrected chi connectivity index (χ1v) is 4.79. The van der Waals surface area contributed by atoms with Crippen LogP contribution >= 0.6 is 23.2 Å². The van der Waals surface area contributed by atoms with Gasteiger partial charge in [0.05, 0.1) is 0 Å². The molecule has 0 aliphatic heterocycles. The molecule has 0 saturated heterocycles. The molecule has 1 atom stereocenters. The lowest BCUT2D eigenvalue weighted by Crippen LogP contribution is -1.96. The van der Waals surface area contributed by atoms with Gasteiger partial charge in [0.1, 0.15) is 0 Å². The number of hydrogen-bond acceptors (Lipinski definition) is 0. The van der Waals surface area contributed by atoms with Gasteiger partial charge in [0.15, 0.2) is 0 Å². The van der Waals surface area contributed by atoms with Gasteiger partial charge in [0, 0.05) is 16.0 Å². The Labute approximate surface area is 88.9 Å². The summed E-state index contributed by atoms with van der Waals surface area (Å²) in [7, 11) is 0. The molecule has 0 amide bonds. The van der Waals surface area contributed by atoms with Crippen molar-refractivity contribution < 1.29 is 0 Å². The smallest absolute Gasteiger partial charge is 0.0453 e. The van der Waals surface area contributed by atoms with Gasteiger partial charge in [-0.15, -0.1) is 12.3 Å². The first-order chi connectivity index (χ1) is 6.13. The van der Waals surface area contributed by atoms with Gasteiger partial charge in [-0.2, -0.15) is 0 Å². The van der Waals surface area contributed by atoms with Gasteiger partial charge in [0.2, 0.25) is 0 Å². The second-order valence-corrected chi connectivity index (χ2v) is 3.85. The van der Waals surface area contributed by atoms with Crippen LogP contribution in [-0.2, 0) is 6.42 Å². The molecule has 13 heavy (non-hydrogen) atoms. The zero-order chi connectivity index (χ0) is 9.84. The first-order valence-electron chi connectivity index (χ1n) is 4.03. The highest BCUT2D eigenvalue weighted by molar-refractivity contribution is 6.35. The summed E-state index contributed by atoms with van der Waals surface area (Å²) >= 11 is 11.7. The Balaban J connectivity index is 2.85. The molecule has 1 rings (SSSR count). The summed E-state index contributed by atoms with van der Waals surface area (Å²) in [4.78, 5) is 0. The van der Waals surface area contributed by atoms with E-state index < -0.39 is 0 Å². The zero-order valence-electron chi connectivity index (χ0n) is 7.35. The quantitative estimate of drug-likeness (QED) is 0.655. The van der Waals surface area contributed by atoms with Crippen molar-refractivity contribution in [2.24, 2.45) is 5.92 Å². The maximum Gasteiger partial charge on any atom is 0.0453 e. The minimum atomic E-state index is 0.207. The van der Waals surface area contributed by atoms with E-state index in [1.54, 1.807) is 6.07 Å². The van der Waals surface area contributed by atoms with Gasteiger partial charge in [-0.1, -0.05) is 36.2 Å². The largest absolute Gasteiger partial charge is 0.120 e. The van der Waals surface area contributed by atoms with Crippen molar-refractivity contribution >= 4 is 23.2 Å². The predicted octanol–water partition coefficient (Wildman–Crippen LogP) is 3.81. The van der Waals surface area contributed by atoms with Gasteiger partial charge >= 0.3 is 0 Å². The molecule has 0 aliphatic carbocycles. The third kappa shape index (κ3) is 2.95. The number of halogens is 2. The molecule has 1 aromatic carbocycles. The van der Waals surface area contributed by atoms with Crippen LogP contribution in [0.25, 0.3) is 0 Å². The Bertz CT molecular complexity index is 336. The molecule has 1 aromatic rings. The molecular formula is C11H10Cl2. The van der Waals surface area contributed by atoms with Crippen molar-refractivity contribution in [1.29, 1.82) is 0 Å². The van der Waals surface area contributed by atoms with Crippen LogP contribution < -0.4 is 0 Å². The fourth-order valence-electron chi connectivity index (χ4n) is 1.08. The Morgan fingerprint density at radius 1 is 1.46 bits per heavy atom. The summed E-state index contributed by atoms with van der Waals surface area (Å²) in [5.74, 6) is 2.87. The van der Waals surface area contributed by atoms with E-state index in [0.29, 0.717) is 10.0 Å². The Kier molecular flexibility index (Phi) is 3.66. The van der Waals surface area contributed by atoms with Gasteiger partial charge in [-0.3, -0.25) is 0 Å². The molecule has 0 aliphatic rings. The minimum Gasteiger partial charge on any atom is -0.120 e. The average Bonchev–Trinajstić information content (AvgIpc) is 2.09. The van der Waals surface area contributed by atoms with Gasteiger partial charge < -0.3 is 0 Å². The predicted molar refractivity (Wildman–Crippen MR) is 58.2 cm³/mol. The summed E-state index contributed by atoms with van der Waals surface area (Å²) in [6.45, 7) is 1.99. The fourth-order valence-corrected chi connectivity index (χ4v) is 1.56. The van der Waals surface area contributed by atoms with Crippen LogP contribution in [-0.4, -0.2) is 0 Å². The number of hydrogen-bond donors (Lipinski definition) is 0. The summed E-state index contributed by atoms with van der Waals surface area (Å²) in [5, 5.41) is 1.34. The molecule has 0 aromatic heterocycles. The van der Waals surface area contributed by atoms with E-state index in [9.17, 15) is 0 Å². The van der Waals surface area contributed by atoms with E-state index in [1.807, 2.05) is 19.1 Å². The lowest BCUT2D eigenvalue weighted by molar-refractivity contribution is 0.751. The molecule has 0 saturated carbocycles. The topological polar surface area (TPSA) is 0 Å². The van der Waals surface area contributed by atoms with Gasteiger partial charge in [-0.05, 0) is 24.1 Å². The summed E-state index contributed by atoms with van der Waals surface area (Å²) in [5.41, 5.74) is 1.05. The van der Waals surface area contributed by atoms with E-state index in [1.165, 1.54) is 0 Å². The van der Waals surface area contributed by atoms with E-state index in [4.69, 9.17) is 29.6 Å². The monoisotopic (exact) mass is 212 g/mol. The first kappa shape index (κ1) is 10.4. The number of terminal acetylenes is 1. The van der Waals surface area contributed by atoms with Crippen LogP contribution in [0.3, 0.4) is 0 Å². The van der Waals surface area contributed by atoms with Gasteiger partial charge in [0.25, 0.3) is 0 Å². The van der Waals surface area contributed by atoms with E-state index in [2.05, 4.69) is 5.92 Å². The zero-order valence-corrected chi connectivity index (χ0v) is 8.86. The Morgan fingerprint density at radius 2 is 2.15 bits per heavy atom.